The molecule has 0 unspecified atom stereocenters. The highest BCUT2D eigenvalue weighted by atomic mass is 16.5. The molecule has 3 aromatic rings. The van der Waals surface area contributed by atoms with Crippen molar-refractivity contribution in [2.75, 3.05) is 5.32 Å². The van der Waals surface area contributed by atoms with Crippen LogP contribution in [0.2, 0.25) is 0 Å². The lowest BCUT2D eigenvalue weighted by atomic mass is 10.0. The van der Waals surface area contributed by atoms with Gasteiger partial charge in [-0.3, -0.25) is 9.78 Å². The topological polar surface area (TPSA) is 80.9 Å². The van der Waals surface area contributed by atoms with E-state index in [4.69, 9.17) is 4.52 Å². The number of aromatic nitrogens is 3. The number of rotatable bonds is 7. The van der Waals surface area contributed by atoms with Gasteiger partial charge in [0.05, 0.1) is 6.42 Å². The molecule has 0 bridgehead atoms. The van der Waals surface area contributed by atoms with Crippen molar-refractivity contribution in [3.05, 3.63) is 60.2 Å². The summed E-state index contributed by atoms with van der Waals surface area (Å²) in [6.45, 7) is 0. The molecule has 0 spiro atoms. The molecular weight excluding hydrogens is 352 g/mol. The van der Waals surface area contributed by atoms with E-state index in [0.29, 0.717) is 30.5 Å². The van der Waals surface area contributed by atoms with Crippen molar-refractivity contribution in [3.63, 3.8) is 0 Å². The largest absolute Gasteiger partial charge is 0.339 e. The standard InChI is InChI=1S/C22H24N4O2/c27-20(12-11-16-6-1-2-7-16)24-19-10-4-3-8-17(19)14-21-25-22(26-28-21)18-9-5-13-23-15-18/h3-5,8-10,13,15-16H,1-2,6-7,11-12,14H2,(H,24,27). The van der Waals surface area contributed by atoms with Crippen LogP contribution < -0.4 is 5.32 Å². The second kappa shape index (κ2) is 8.78. The number of carbonyl (C=O) groups excluding carboxylic acids is 1. The normalized spacial score (nSPS) is 14.3. The number of pyridine rings is 1. The summed E-state index contributed by atoms with van der Waals surface area (Å²) in [6, 6.07) is 11.5. The van der Waals surface area contributed by atoms with E-state index >= 15 is 0 Å². The van der Waals surface area contributed by atoms with Crippen LogP contribution in [0.15, 0.2) is 53.3 Å². The molecule has 0 radical (unpaired) electrons. The number of amides is 1. The molecule has 0 saturated heterocycles. The zero-order chi connectivity index (χ0) is 19.2. The fourth-order valence-electron chi connectivity index (χ4n) is 3.75. The van der Waals surface area contributed by atoms with E-state index in [1.54, 1.807) is 12.4 Å². The number of anilines is 1. The van der Waals surface area contributed by atoms with E-state index in [0.717, 1.165) is 23.2 Å². The highest BCUT2D eigenvalue weighted by molar-refractivity contribution is 5.91. The molecule has 0 atom stereocenters. The first kappa shape index (κ1) is 18.3. The third-order valence-corrected chi connectivity index (χ3v) is 5.28. The Bertz CT molecular complexity index is 917. The van der Waals surface area contributed by atoms with Crippen molar-refractivity contribution in [3.8, 4) is 11.4 Å². The maximum Gasteiger partial charge on any atom is 0.231 e. The molecular formula is C22H24N4O2. The maximum absolute atomic E-state index is 12.4. The fourth-order valence-corrected chi connectivity index (χ4v) is 3.75. The molecule has 28 heavy (non-hydrogen) atoms. The molecule has 6 nitrogen and oxygen atoms in total. The molecule has 2 aromatic heterocycles. The molecule has 144 valence electrons. The fraction of sp³-hybridized carbons (Fsp3) is 0.364. The third kappa shape index (κ3) is 4.63. The number of hydrogen-bond acceptors (Lipinski definition) is 5. The lowest BCUT2D eigenvalue weighted by molar-refractivity contribution is -0.116. The summed E-state index contributed by atoms with van der Waals surface area (Å²) < 4.78 is 5.40. The van der Waals surface area contributed by atoms with Gasteiger partial charge in [0, 0.05) is 30.1 Å². The van der Waals surface area contributed by atoms with Gasteiger partial charge in [0.25, 0.3) is 0 Å². The average molecular weight is 376 g/mol. The lowest BCUT2D eigenvalue weighted by Gasteiger charge is -2.11. The summed E-state index contributed by atoms with van der Waals surface area (Å²) in [5, 5.41) is 7.09. The first-order chi connectivity index (χ1) is 13.8. The number of benzene rings is 1. The molecule has 1 aliphatic rings. The average Bonchev–Trinajstić information content (AvgIpc) is 3.41. The smallest absolute Gasteiger partial charge is 0.231 e. The van der Waals surface area contributed by atoms with Crippen molar-refractivity contribution in [1.29, 1.82) is 0 Å². The van der Waals surface area contributed by atoms with Crippen molar-refractivity contribution < 1.29 is 9.32 Å². The van der Waals surface area contributed by atoms with Crippen LogP contribution >= 0.6 is 0 Å². The number of nitrogens with zero attached hydrogens (tertiary/aromatic N) is 3. The van der Waals surface area contributed by atoms with E-state index in [2.05, 4.69) is 20.4 Å². The molecule has 1 fully saturated rings. The van der Waals surface area contributed by atoms with E-state index in [1.165, 1.54) is 25.7 Å². The van der Waals surface area contributed by atoms with Crippen molar-refractivity contribution in [2.45, 2.75) is 44.9 Å². The second-order valence-corrected chi connectivity index (χ2v) is 7.32. The van der Waals surface area contributed by atoms with Crippen LogP contribution in [-0.2, 0) is 11.2 Å². The Hall–Kier alpha value is -3.02. The Morgan fingerprint density at radius 3 is 2.82 bits per heavy atom. The molecule has 6 heteroatoms. The third-order valence-electron chi connectivity index (χ3n) is 5.28. The molecule has 0 aliphatic heterocycles. The Kier molecular flexibility index (Phi) is 5.75. The van der Waals surface area contributed by atoms with Crippen molar-refractivity contribution in [1.82, 2.24) is 15.1 Å². The van der Waals surface area contributed by atoms with Gasteiger partial charge in [-0.15, -0.1) is 0 Å². The summed E-state index contributed by atoms with van der Waals surface area (Å²) in [6.07, 6.45) is 10.6. The van der Waals surface area contributed by atoms with Gasteiger partial charge in [0.1, 0.15) is 0 Å². The predicted octanol–water partition coefficient (Wildman–Crippen LogP) is 4.63. The van der Waals surface area contributed by atoms with Crippen LogP contribution in [0, 0.1) is 5.92 Å². The highest BCUT2D eigenvalue weighted by Gasteiger charge is 2.17. The molecule has 1 saturated carbocycles. The molecule has 1 aromatic carbocycles. The van der Waals surface area contributed by atoms with Gasteiger partial charge in [-0.25, -0.2) is 0 Å². The Morgan fingerprint density at radius 2 is 2.00 bits per heavy atom. The Morgan fingerprint density at radius 1 is 1.14 bits per heavy atom. The second-order valence-electron chi connectivity index (χ2n) is 7.32. The first-order valence-corrected chi connectivity index (χ1v) is 9.88. The summed E-state index contributed by atoms with van der Waals surface area (Å²) in [4.78, 5) is 20.9. The van der Waals surface area contributed by atoms with Crippen molar-refractivity contribution in [2.24, 2.45) is 5.92 Å². The minimum atomic E-state index is 0.0703. The summed E-state index contributed by atoms with van der Waals surface area (Å²) >= 11 is 0. The first-order valence-electron chi connectivity index (χ1n) is 9.88. The molecule has 1 N–H and O–H groups in total. The number of para-hydroxylation sites is 1. The quantitative estimate of drug-likeness (QED) is 0.650. The van der Waals surface area contributed by atoms with E-state index in [1.807, 2.05) is 36.4 Å². The summed E-state index contributed by atoms with van der Waals surface area (Å²) in [7, 11) is 0. The Labute approximate surface area is 164 Å². The van der Waals surface area contributed by atoms with Crippen molar-refractivity contribution >= 4 is 11.6 Å². The maximum atomic E-state index is 12.4. The van der Waals surface area contributed by atoms with Gasteiger partial charge in [-0.05, 0) is 36.1 Å². The van der Waals surface area contributed by atoms with Crippen LogP contribution in [0.5, 0.6) is 0 Å². The molecule has 4 rings (SSSR count). The molecule has 1 amide bonds. The minimum absolute atomic E-state index is 0.0703. The monoisotopic (exact) mass is 376 g/mol. The number of nitrogens with one attached hydrogen (secondary N) is 1. The Balaban J connectivity index is 1.40. The number of hydrogen-bond donors (Lipinski definition) is 1. The lowest BCUT2D eigenvalue weighted by Crippen LogP contribution is -2.14. The van der Waals surface area contributed by atoms with Crippen LogP contribution in [0.4, 0.5) is 5.69 Å². The zero-order valence-electron chi connectivity index (χ0n) is 15.8. The predicted molar refractivity (Wildman–Crippen MR) is 107 cm³/mol. The number of carbonyl (C=O) groups is 1. The van der Waals surface area contributed by atoms with Crippen LogP contribution in [0.3, 0.4) is 0 Å². The van der Waals surface area contributed by atoms with Crippen LogP contribution in [0.25, 0.3) is 11.4 Å². The molecule has 2 heterocycles. The van der Waals surface area contributed by atoms with Crippen LogP contribution in [0.1, 0.15) is 50.0 Å². The van der Waals surface area contributed by atoms with Gasteiger partial charge in [0.2, 0.25) is 17.6 Å². The SMILES string of the molecule is O=C(CCC1CCCC1)Nc1ccccc1Cc1nc(-c2cccnc2)no1. The van der Waals surface area contributed by atoms with Gasteiger partial charge in [-0.2, -0.15) is 4.98 Å². The van der Waals surface area contributed by atoms with Gasteiger partial charge >= 0.3 is 0 Å². The summed E-state index contributed by atoms with van der Waals surface area (Å²) in [5.74, 6) is 1.80. The highest BCUT2D eigenvalue weighted by Crippen LogP contribution is 2.29. The van der Waals surface area contributed by atoms with Gasteiger partial charge in [0.15, 0.2) is 0 Å². The van der Waals surface area contributed by atoms with E-state index in [-0.39, 0.29) is 5.91 Å². The zero-order valence-corrected chi connectivity index (χ0v) is 15.8. The molecule has 1 aliphatic carbocycles. The van der Waals surface area contributed by atoms with E-state index < -0.39 is 0 Å². The van der Waals surface area contributed by atoms with Gasteiger partial charge in [-0.1, -0.05) is 49.0 Å². The summed E-state index contributed by atoms with van der Waals surface area (Å²) in [5.41, 5.74) is 2.57. The van der Waals surface area contributed by atoms with Gasteiger partial charge < -0.3 is 9.84 Å². The van der Waals surface area contributed by atoms with Crippen LogP contribution in [-0.4, -0.2) is 21.0 Å². The minimum Gasteiger partial charge on any atom is -0.339 e. The van der Waals surface area contributed by atoms with E-state index in [9.17, 15) is 4.79 Å².